The lowest BCUT2D eigenvalue weighted by molar-refractivity contribution is -0.140. The van der Waals surface area contributed by atoms with Crippen LogP contribution < -0.4 is 14.8 Å². The predicted octanol–water partition coefficient (Wildman–Crippen LogP) is 6.22. The number of carbonyl (C=O) groups excluding carboxylic acids is 2. The Morgan fingerprint density at radius 3 is 2.36 bits per heavy atom. The molecule has 1 aliphatic carbocycles. The van der Waals surface area contributed by atoms with E-state index >= 15 is 0 Å². The predicted molar refractivity (Wildman–Crippen MR) is 160 cm³/mol. The van der Waals surface area contributed by atoms with E-state index in [9.17, 15) is 9.59 Å². The second kappa shape index (κ2) is 13.5. The third kappa shape index (κ3) is 6.42. The zero-order valence-electron chi connectivity index (χ0n) is 24.4. The molecule has 1 heterocycles. The van der Waals surface area contributed by atoms with Crippen molar-refractivity contribution in [1.82, 2.24) is 5.32 Å². The summed E-state index contributed by atoms with van der Waals surface area (Å²) in [5.74, 6) is 0.0874. The summed E-state index contributed by atoms with van der Waals surface area (Å²) in [5.41, 5.74) is 5.45. The number of rotatable bonds is 11. The Kier molecular flexibility index (Phi) is 9.39. The molecule has 7 heteroatoms. The molecule has 5 rings (SSSR count). The normalized spacial score (nSPS) is 18.3. The molecule has 3 aromatic carbocycles. The standard InChI is InChI=1S/C35H37NO6/c1-4-40-17-18-41-35(38)32-23(2)36-28-19-27(25-13-9-6-10-14-25)20-29(37)34(28)33(32)26-15-16-30(31(21-26)39-3)42-22-24-11-7-5-8-12-24/h5-16,21,27,33,36H,4,17-20,22H2,1-3H3. The number of ether oxygens (including phenoxy) is 4. The molecule has 2 aliphatic rings. The second-order valence-electron chi connectivity index (χ2n) is 10.4. The molecule has 218 valence electrons. The van der Waals surface area contributed by atoms with Crippen molar-refractivity contribution in [2.45, 2.75) is 45.1 Å². The molecule has 0 saturated heterocycles. The molecular formula is C35H37NO6. The molecule has 3 aromatic rings. The van der Waals surface area contributed by atoms with Crippen molar-refractivity contribution < 1.29 is 28.5 Å². The molecule has 0 fully saturated rings. The van der Waals surface area contributed by atoms with Crippen LogP contribution in [0.25, 0.3) is 0 Å². The van der Waals surface area contributed by atoms with Gasteiger partial charge in [0.2, 0.25) is 0 Å². The van der Waals surface area contributed by atoms with Crippen molar-refractivity contribution in [3.05, 3.63) is 118 Å². The summed E-state index contributed by atoms with van der Waals surface area (Å²) in [6.45, 7) is 5.11. The Bertz CT molecular complexity index is 1480. The van der Waals surface area contributed by atoms with E-state index in [0.29, 0.717) is 61.0 Å². The highest BCUT2D eigenvalue weighted by molar-refractivity contribution is 6.04. The van der Waals surface area contributed by atoms with Crippen molar-refractivity contribution in [2.75, 3.05) is 26.9 Å². The van der Waals surface area contributed by atoms with E-state index in [1.165, 1.54) is 0 Å². The van der Waals surface area contributed by atoms with E-state index in [1.807, 2.05) is 80.6 Å². The van der Waals surface area contributed by atoms with Crippen molar-refractivity contribution in [3.63, 3.8) is 0 Å². The molecule has 0 amide bonds. The highest BCUT2D eigenvalue weighted by atomic mass is 16.6. The molecule has 0 spiro atoms. The lowest BCUT2D eigenvalue weighted by Crippen LogP contribution is -2.36. The van der Waals surface area contributed by atoms with Gasteiger partial charge in [0.05, 0.1) is 19.3 Å². The zero-order chi connectivity index (χ0) is 29.5. The van der Waals surface area contributed by atoms with Gasteiger partial charge in [-0.1, -0.05) is 66.7 Å². The van der Waals surface area contributed by atoms with Gasteiger partial charge in [-0.25, -0.2) is 4.79 Å². The topological polar surface area (TPSA) is 83.1 Å². The average molecular weight is 568 g/mol. The first-order valence-corrected chi connectivity index (χ1v) is 14.4. The number of carbonyl (C=O) groups is 2. The van der Waals surface area contributed by atoms with Crippen LogP contribution >= 0.6 is 0 Å². The molecule has 42 heavy (non-hydrogen) atoms. The van der Waals surface area contributed by atoms with Gasteiger partial charge in [0.25, 0.3) is 0 Å². The highest BCUT2D eigenvalue weighted by Crippen LogP contribution is 2.47. The van der Waals surface area contributed by atoms with E-state index in [-0.39, 0.29) is 18.3 Å². The Labute approximate surface area is 247 Å². The van der Waals surface area contributed by atoms with Crippen molar-refractivity contribution >= 4 is 11.8 Å². The van der Waals surface area contributed by atoms with Gasteiger partial charge >= 0.3 is 5.97 Å². The summed E-state index contributed by atoms with van der Waals surface area (Å²) >= 11 is 0. The Morgan fingerprint density at radius 1 is 0.905 bits per heavy atom. The monoisotopic (exact) mass is 567 g/mol. The quantitative estimate of drug-likeness (QED) is 0.218. The van der Waals surface area contributed by atoms with Crippen LogP contribution in [0.4, 0.5) is 0 Å². The minimum atomic E-state index is -0.609. The number of allylic oxidation sites excluding steroid dienone is 3. The fourth-order valence-electron chi connectivity index (χ4n) is 5.74. The number of benzene rings is 3. The van der Waals surface area contributed by atoms with Crippen LogP contribution in [0, 0.1) is 0 Å². The lowest BCUT2D eigenvalue weighted by atomic mass is 9.71. The van der Waals surface area contributed by atoms with Crippen LogP contribution in [0.2, 0.25) is 0 Å². The molecule has 2 atom stereocenters. The van der Waals surface area contributed by atoms with Crippen LogP contribution in [0.5, 0.6) is 11.5 Å². The summed E-state index contributed by atoms with van der Waals surface area (Å²) < 4.78 is 22.8. The van der Waals surface area contributed by atoms with Crippen LogP contribution in [-0.2, 0) is 25.7 Å². The Balaban J connectivity index is 1.50. The number of Topliss-reactive ketones (excluding diaryl/α,β-unsaturated/α-hetero) is 1. The van der Waals surface area contributed by atoms with Crippen molar-refractivity contribution in [2.24, 2.45) is 0 Å². The van der Waals surface area contributed by atoms with Gasteiger partial charge in [0, 0.05) is 35.9 Å². The summed E-state index contributed by atoms with van der Waals surface area (Å²) in [6, 6.07) is 25.6. The molecule has 2 unspecified atom stereocenters. The maximum Gasteiger partial charge on any atom is 0.336 e. The molecule has 1 N–H and O–H groups in total. The first-order chi connectivity index (χ1) is 20.5. The van der Waals surface area contributed by atoms with E-state index in [0.717, 1.165) is 22.4 Å². The largest absolute Gasteiger partial charge is 0.493 e. The Hall–Kier alpha value is -4.36. The number of esters is 1. The zero-order valence-corrected chi connectivity index (χ0v) is 24.4. The molecule has 7 nitrogen and oxygen atoms in total. The summed E-state index contributed by atoms with van der Waals surface area (Å²) in [6.07, 6.45) is 1.03. The number of ketones is 1. The number of methoxy groups -OCH3 is 1. The maximum atomic E-state index is 13.9. The van der Waals surface area contributed by atoms with Gasteiger partial charge in [-0.2, -0.15) is 0 Å². The molecule has 0 radical (unpaired) electrons. The van der Waals surface area contributed by atoms with Gasteiger partial charge in [-0.05, 0) is 55.0 Å². The average Bonchev–Trinajstić information content (AvgIpc) is 3.02. The number of hydrogen-bond acceptors (Lipinski definition) is 7. The van der Waals surface area contributed by atoms with Crippen LogP contribution in [-0.4, -0.2) is 38.7 Å². The molecule has 1 aliphatic heterocycles. The first kappa shape index (κ1) is 29.1. The maximum absolute atomic E-state index is 13.9. The third-order valence-corrected chi connectivity index (χ3v) is 7.74. The number of hydrogen-bond donors (Lipinski definition) is 1. The van der Waals surface area contributed by atoms with Crippen LogP contribution in [0.3, 0.4) is 0 Å². The van der Waals surface area contributed by atoms with Gasteiger partial charge in [-0.15, -0.1) is 0 Å². The highest BCUT2D eigenvalue weighted by Gasteiger charge is 2.41. The van der Waals surface area contributed by atoms with E-state index in [4.69, 9.17) is 18.9 Å². The number of nitrogens with one attached hydrogen (secondary N) is 1. The summed E-state index contributed by atoms with van der Waals surface area (Å²) in [5, 5.41) is 3.41. The molecule has 0 bridgehead atoms. The summed E-state index contributed by atoms with van der Waals surface area (Å²) in [7, 11) is 1.59. The van der Waals surface area contributed by atoms with Crippen molar-refractivity contribution in [3.8, 4) is 11.5 Å². The van der Waals surface area contributed by atoms with Gasteiger partial charge in [0.1, 0.15) is 13.2 Å². The smallest absolute Gasteiger partial charge is 0.336 e. The minimum absolute atomic E-state index is 0.0121. The SMILES string of the molecule is CCOCCOC(=O)C1=C(C)NC2=C(C(=O)CC(c3ccccc3)C2)C1c1ccc(OCc2ccccc2)c(OC)c1. The fourth-order valence-corrected chi connectivity index (χ4v) is 5.74. The Morgan fingerprint density at radius 2 is 1.64 bits per heavy atom. The van der Waals surface area contributed by atoms with Gasteiger partial charge < -0.3 is 24.3 Å². The second-order valence-corrected chi connectivity index (χ2v) is 10.4. The first-order valence-electron chi connectivity index (χ1n) is 14.4. The van der Waals surface area contributed by atoms with Crippen LogP contribution in [0.15, 0.2) is 101 Å². The molecule has 0 saturated carbocycles. The van der Waals surface area contributed by atoms with E-state index < -0.39 is 11.9 Å². The minimum Gasteiger partial charge on any atom is -0.493 e. The molecule has 0 aromatic heterocycles. The summed E-state index contributed by atoms with van der Waals surface area (Å²) in [4.78, 5) is 27.4. The number of dihydropyridines is 1. The molecular weight excluding hydrogens is 530 g/mol. The van der Waals surface area contributed by atoms with Gasteiger partial charge in [-0.3, -0.25) is 4.79 Å². The third-order valence-electron chi connectivity index (χ3n) is 7.74. The van der Waals surface area contributed by atoms with E-state index in [2.05, 4.69) is 17.4 Å². The lowest BCUT2D eigenvalue weighted by Gasteiger charge is -2.36. The van der Waals surface area contributed by atoms with E-state index in [1.54, 1.807) is 7.11 Å². The fraction of sp³-hybridized carbons (Fsp3) is 0.314. The van der Waals surface area contributed by atoms with Crippen LogP contribution in [0.1, 0.15) is 55.2 Å². The van der Waals surface area contributed by atoms with Gasteiger partial charge in [0.15, 0.2) is 17.3 Å². The van der Waals surface area contributed by atoms with Crippen molar-refractivity contribution in [1.29, 1.82) is 0 Å².